The van der Waals surface area contributed by atoms with Crippen molar-refractivity contribution in [3.63, 3.8) is 0 Å². The van der Waals surface area contributed by atoms with E-state index in [9.17, 15) is 13.2 Å². The number of nitrogens with two attached hydrogens (primary N) is 1. The molecule has 88 valence electrons. The van der Waals surface area contributed by atoms with E-state index in [1.54, 1.807) is 0 Å². The van der Waals surface area contributed by atoms with Crippen LogP contribution in [0.3, 0.4) is 0 Å². The van der Waals surface area contributed by atoms with Crippen LogP contribution in [0.5, 0.6) is 0 Å². The summed E-state index contributed by atoms with van der Waals surface area (Å²) in [5.74, 6) is -1.15. The first-order chi connectivity index (χ1) is 7.38. The zero-order valence-electron chi connectivity index (χ0n) is 8.67. The summed E-state index contributed by atoms with van der Waals surface area (Å²) in [6, 6.07) is 1.18. The maximum absolute atomic E-state index is 11.7. The van der Waals surface area contributed by atoms with Gasteiger partial charge in [0.05, 0.1) is 28.5 Å². The molecule has 7 heteroatoms. The summed E-state index contributed by atoms with van der Waals surface area (Å²) >= 11 is 0. The Labute approximate surface area is 93.0 Å². The van der Waals surface area contributed by atoms with Crippen molar-refractivity contribution in [1.82, 2.24) is 4.98 Å². The maximum atomic E-state index is 11.7. The van der Waals surface area contributed by atoms with Crippen molar-refractivity contribution in [2.45, 2.75) is 11.8 Å². The third kappa shape index (κ3) is 2.56. The molecule has 1 aromatic heterocycles. The lowest BCUT2D eigenvalue weighted by molar-refractivity contribution is 0.0999. The minimum absolute atomic E-state index is 0.0297. The fourth-order valence-electron chi connectivity index (χ4n) is 1.19. The predicted octanol–water partition coefficient (Wildman–Crippen LogP) is -0.745. The standard InChI is InChI=1S/C9H12N2O4S/c1-6-8(16(14,15)3-2-12)4-7(5-11-6)9(10)13/h4-5,12H,2-3H2,1H3,(H2,10,13). The largest absolute Gasteiger partial charge is 0.395 e. The fourth-order valence-corrected chi connectivity index (χ4v) is 2.46. The molecule has 0 radical (unpaired) electrons. The average Bonchev–Trinajstić information content (AvgIpc) is 2.17. The van der Waals surface area contributed by atoms with Gasteiger partial charge >= 0.3 is 0 Å². The van der Waals surface area contributed by atoms with Crippen molar-refractivity contribution in [3.8, 4) is 0 Å². The van der Waals surface area contributed by atoms with Crippen molar-refractivity contribution < 1.29 is 18.3 Å². The normalized spacial score (nSPS) is 11.4. The molecular formula is C9H12N2O4S. The molecule has 6 nitrogen and oxygen atoms in total. The minimum Gasteiger partial charge on any atom is -0.395 e. The van der Waals surface area contributed by atoms with E-state index in [0.29, 0.717) is 0 Å². The van der Waals surface area contributed by atoms with Crippen molar-refractivity contribution in [2.75, 3.05) is 12.4 Å². The van der Waals surface area contributed by atoms with Crippen molar-refractivity contribution in [3.05, 3.63) is 23.5 Å². The second kappa shape index (κ2) is 4.58. The van der Waals surface area contributed by atoms with E-state index in [-0.39, 0.29) is 16.2 Å². The zero-order chi connectivity index (χ0) is 12.3. The Bertz CT molecular complexity index is 510. The van der Waals surface area contributed by atoms with E-state index in [1.807, 2.05) is 0 Å². The number of sulfone groups is 1. The molecule has 3 N–H and O–H groups in total. The molecule has 1 amide bonds. The third-order valence-electron chi connectivity index (χ3n) is 2.02. The van der Waals surface area contributed by atoms with Crippen LogP contribution in [0.25, 0.3) is 0 Å². The predicted molar refractivity (Wildman–Crippen MR) is 56.6 cm³/mol. The summed E-state index contributed by atoms with van der Waals surface area (Å²) in [4.78, 5) is 14.6. The van der Waals surface area contributed by atoms with Crippen LogP contribution < -0.4 is 5.73 Å². The first-order valence-corrected chi connectivity index (χ1v) is 6.14. The quantitative estimate of drug-likeness (QED) is 0.724. The summed E-state index contributed by atoms with van der Waals surface area (Å²) < 4.78 is 23.4. The zero-order valence-corrected chi connectivity index (χ0v) is 9.49. The van der Waals surface area contributed by atoms with Gasteiger partial charge in [0.25, 0.3) is 0 Å². The lowest BCUT2D eigenvalue weighted by Gasteiger charge is -2.06. The second-order valence-corrected chi connectivity index (χ2v) is 5.29. The van der Waals surface area contributed by atoms with Crippen LogP contribution in [-0.2, 0) is 9.84 Å². The molecule has 1 aromatic rings. The number of amides is 1. The van der Waals surface area contributed by atoms with Crippen LogP contribution in [0.15, 0.2) is 17.2 Å². The highest BCUT2D eigenvalue weighted by molar-refractivity contribution is 7.91. The van der Waals surface area contributed by atoms with Crippen molar-refractivity contribution in [1.29, 1.82) is 0 Å². The number of nitrogens with zero attached hydrogens (tertiary/aromatic N) is 1. The lowest BCUT2D eigenvalue weighted by Crippen LogP contribution is -2.16. The number of hydrogen-bond acceptors (Lipinski definition) is 5. The molecule has 0 aliphatic heterocycles. The fraction of sp³-hybridized carbons (Fsp3) is 0.333. The summed E-state index contributed by atoms with van der Waals surface area (Å²) in [6.07, 6.45) is 1.22. The molecule has 0 aliphatic carbocycles. The second-order valence-electron chi connectivity index (χ2n) is 3.21. The van der Waals surface area contributed by atoms with Crippen molar-refractivity contribution in [2.24, 2.45) is 5.73 Å². The highest BCUT2D eigenvalue weighted by Crippen LogP contribution is 2.16. The van der Waals surface area contributed by atoms with Gasteiger partial charge in [-0.1, -0.05) is 0 Å². The van der Waals surface area contributed by atoms with Crippen LogP contribution in [0.1, 0.15) is 16.1 Å². The number of rotatable bonds is 4. The first-order valence-electron chi connectivity index (χ1n) is 4.48. The van der Waals surface area contributed by atoms with Gasteiger partial charge < -0.3 is 10.8 Å². The molecule has 0 bridgehead atoms. The van der Waals surface area contributed by atoms with E-state index in [4.69, 9.17) is 10.8 Å². The molecule has 0 fully saturated rings. The minimum atomic E-state index is -3.62. The molecule has 0 saturated heterocycles. The summed E-state index contributed by atoms with van der Waals surface area (Å²) in [5.41, 5.74) is 5.33. The summed E-state index contributed by atoms with van der Waals surface area (Å²) in [5, 5.41) is 8.64. The lowest BCUT2D eigenvalue weighted by atomic mass is 10.2. The highest BCUT2D eigenvalue weighted by atomic mass is 32.2. The van der Waals surface area contributed by atoms with Gasteiger partial charge in [0, 0.05) is 6.20 Å². The van der Waals surface area contributed by atoms with Gasteiger partial charge in [-0.15, -0.1) is 0 Å². The molecule has 0 spiro atoms. The Kier molecular flexibility index (Phi) is 3.61. The van der Waals surface area contributed by atoms with Crippen molar-refractivity contribution >= 4 is 15.7 Å². The number of hydrogen-bond donors (Lipinski definition) is 2. The van der Waals surface area contributed by atoms with Gasteiger partial charge in [-0.25, -0.2) is 8.42 Å². The number of carbonyl (C=O) groups is 1. The number of pyridine rings is 1. The van der Waals surface area contributed by atoms with Gasteiger partial charge in [-0.3, -0.25) is 9.78 Å². The number of aliphatic hydroxyl groups is 1. The Morgan fingerprint density at radius 3 is 2.69 bits per heavy atom. The van der Waals surface area contributed by atoms with Crippen LogP contribution in [0, 0.1) is 6.92 Å². The SMILES string of the molecule is Cc1ncc(C(N)=O)cc1S(=O)(=O)CCO. The molecule has 1 rings (SSSR count). The molecule has 1 heterocycles. The number of carbonyl (C=O) groups excluding carboxylic acids is 1. The van der Waals surface area contributed by atoms with Crippen LogP contribution >= 0.6 is 0 Å². The van der Waals surface area contributed by atoms with Crippen LogP contribution in [-0.4, -0.2) is 36.8 Å². The van der Waals surface area contributed by atoms with E-state index >= 15 is 0 Å². The molecule has 0 unspecified atom stereocenters. The Balaban J connectivity index is 3.33. The topological polar surface area (TPSA) is 110 Å². The summed E-state index contributed by atoms with van der Waals surface area (Å²) in [7, 11) is -3.62. The average molecular weight is 244 g/mol. The Morgan fingerprint density at radius 1 is 1.56 bits per heavy atom. The Hall–Kier alpha value is -1.47. The molecule has 16 heavy (non-hydrogen) atoms. The molecule has 0 saturated carbocycles. The number of primary amides is 1. The molecular weight excluding hydrogens is 232 g/mol. The van der Waals surface area contributed by atoms with Gasteiger partial charge in [0.15, 0.2) is 9.84 Å². The maximum Gasteiger partial charge on any atom is 0.250 e. The molecule has 0 aromatic carbocycles. The van der Waals surface area contributed by atoms with Crippen LogP contribution in [0.2, 0.25) is 0 Å². The monoisotopic (exact) mass is 244 g/mol. The van der Waals surface area contributed by atoms with Crippen LogP contribution in [0.4, 0.5) is 0 Å². The molecule has 0 aliphatic rings. The number of aryl methyl sites for hydroxylation is 1. The van der Waals surface area contributed by atoms with Gasteiger partial charge in [0.1, 0.15) is 0 Å². The number of aliphatic hydroxyl groups excluding tert-OH is 1. The third-order valence-corrected chi connectivity index (χ3v) is 3.82. The van der Waals surface area contributed by atoms with E-state index in [1.165, 1.54) is 19.2 Å². The van der Waals surface area contributed by atoms with E-state index in [0.717, 1.165) is 0 Å². The van der Waals surface area contributed by atoms with Gasteiger partial charge in [-0.2, -0.15) is 0 Å². The van der Waals surface area contributed by atoms with E-state index < -0.39 is 28.1 Å². The smallest absolute Gasteiger partial charge is 0.250 e. The van der Waals surface area contributed by atoms with Gasteiger partial charge in [-0.05, 0) is 13.0 Å². The Morgan fingerprint density at radius 2 is 2.19 bits per heavy atom. The number of aromatic nitrogens is 1. The van der Waals surface area contributed by atoms with E-state index in [2.05, 4.69) is 4.98 Å². The highest BCUT2D eigenvalue weighted by Gasteiger charge is 2.18. The first kappa shape index (κ1) is 12.6. The molecule has 0 atom stereocenters. The summed E-state index contributed by atoms with van der Waals surface area (Å²) in [6.45, 7) is 1.03. The van der Waals surface area contributed by atoms with Gasteiger partial charge in [0.2, 0.25) is 5.91 Å².